The molecule has 0 aliphatic heterocycles. The minimum Gasteiger partial charge on any atom is -0.439 e. The van der Waals surface area contributed by atoms with E-state index < -0.39 is 0 Å². The molecule has 104 valence electrons. The van der Waals surface area contributed by atoms with Crippen LogP contribution in [0.25, 0.3) is 11.1 Å². The third-order valence-electron chi connectivity index (χ3n) is 3.22. The first-order valence-electron chi connectivity index (χ1n) is 6.77. The van der Waals surface area contributed by atoms with Gasteiger partial charge in [0.25, 0.3) is 0 Å². The molecule has 0 amide bonds. The lowest BCUT2D eigenvalue weighted by Gasteiger charge is -2.06. The molecule has 0 saturated carbocycles. The number of aryl methyl sites for hydroxylation is 1. The molecule has 3 nitrogen and oxygen atoms in total. The summed E-state index contributed by atoms with van der Waals surface area (Å²) in [4.78, 5) is 4.12. The molecule has 3 aromatic rings. The second-order valence-electron chi connectivity index (χ2n) is 4.92. The lowest BCUT2D eigenvalue weighted by molar-refractivity contribution is 0.463. The Morgan fingerprint density at radius 3 is 2.00 bits per heavy atom. The van der Waals surface area contributed by atoms with Crippen molar-refractivity contribution >= 4 is 5.69 Å². The highest BCUT2D eigenvalue weighted by molar-refractivity contribution is 5.64. The van der Waals surface area contributed by atoms with Crippen LogP contribution in [0.3, 0.4) is 0 Å². The van der Waals surface area contributed by atoms with Crippen molar-refractivity contribution in [2.75, 3.05) is 5.73 Å². The summed E-state index contributed by atoms with van der Waals surface area (Å²) < 4.78 is 5.68. The molecule has 0 spiro atoms. The van der Waals surface area contributed by atoms with Crippen LogP contribution in [-0.2, 0) is 0 Å². The fourth-order valence-electron chi connectivity index (χ4n) is 2.03. The number of nitrogens with zero attached hydrogens (tertiary/aromatic N) is 1. The van der Waals surface area contributed by atoms with Crippen molar-refractivity contribution in [3.63, 3.8) is 0 Å². The number of rotatable bonds is 3. The zero-order valence-corrected chi connectivity index (χ0v) is 11.8. The molecular formula is C18H16N2O. The summed E-state index contributed by atoms with van der Waals surface area (Å²) in [7, 11) is 0. The van der Waals surface area contributed by atoms with Crippen molar-refractivity contribution in [1.82, 2.24) is 4.98 Å². The van der Waals surface area contributed by atoms with E-state index in [0.29, 0.717) is 11.6 Å². The van der Waals surface area contributed by atoms with Gasteiger partial charge in [-0.2, -0.15) is 0 Å². The average molecular weight is 276 g/mol. The molecule has 0 saturated heterocycles. The van der Waals surface area contributed by atoms with Gasteiger partial charge >= 0.3 is 0 Å². The van der Waals surface area contributed by atoms with Crippen molar-refractivity contribution in [1.29, 1.82) is 0 Å². The summed E-state index contributed by atoms with van der Waals surface area (Å²) in [6.45, 7) is 2.08. The number of nitrogen functional groups attached to an aromatic ring is 1. The minimum absolute atomic E-state index is 0.535. The second kappa shape index (κ2) is 5.67. The largest absolute Gasteiger partial charge is 0.439 e. The highest BCUT2D eigenvalue weighted by Gasteiger charge is 2.01. The van der Waals surface area contributed by atoms with Crippen LogP contribution in [0.2, 0.25) is 0 Å². The molecule has 0 aliphatic rings. The number of pyridine rings is 1. The third-order valence-corrected chi connectivity index (χ3v) is 3.22. The van der Waals surface area contributed by atoms with E-state index in [4.69, 9.17) is 10.5 Å². The summed E-state index contributed by atoms with van der Waals surface area (Å²) in [5, 5.41) is 0. The van der Waals surface area contributed by atoms with Crippen LogP contribution in [0.5, 0.6) is 11.6 Å². The van der Waals surface area contributed by atoms with Crippen molar-refractivity contribution in [3.05, 3.63) is 72.4 Å². The lowest BCUT2D eigenvalue weighted by Crippen LogP contribution is -1.90. The molecule has 3 rings (SSSR count). The third kappa shape index (κ3) is 3.20. The SMILES string of the molecule is Cc1ccc(-c2ccc(Oc3ccc(N)cn3)cc2)cc1. The topological polar surface area (TPSA) is 48.1 Å². The predicted octanol–water partition coefficient (Wildman–Crippen LogP) is 4.43. The van der Waals surface area contributed by atoms with Crippen LogP contribution in [0.1, 0.15) is 5.56 Å². The van der Waals surface area contributed by atoms with Crippen molar-refractivity contribution in [3.8, 4) is 22.8 Å². The minimum atomic E-state index is 0.535. The van der Waals surface area contributed by atoms with Gasteiger partial charge in [-0.25, -0.2) is 4.98 Å². The Labute approximate surface area is 124 Å². The zero-order valence-electron chi connectivity index (χ0n) is 11.8. The number of ether oxygens (including phenoxy) is 1. The Morgan fingerprint density at radius 2 is 1.43 bits per heavy atom. The predicted molar refractivity (Wildman–Crippen MR) is 85.3 cm³/mol. The Balaban J connectivity index is 1.77. The number of hydrogen-bond acceptors (Lipinski definition) is 3. The summed E-state index contributed by atoms with van der Waals surface area (Å²) in [5.41, 5.74) is 9.83. The smallest absolute Gasteiger partial charge is 0.219 e. The van der Waals surface area contributed by atoms with E-state index in [9.17, 15) is 0 Å². The first-order chi connectivity index (χ1) is 10.2. The molecule has 2 N–H and O–H groups in total. The van der Waals surface area contributed by atoms with E-state index in [1.165, 1.54) is 11.1 Å². The van der Waals surface area contributed by atoms with Crippen LogP contribution < -0.4 is 10.5 Å². The summed E-state index contributed by atoms with van der Waals surface area (Å²) in [6, 6.07) is 19.9. The fourth-order valence-corrected chi connectivity index (χ4v) is 2.03. The molecule has 1 aromatic heterocycles. The average Bonchev–Trinajstić information content (AvgIpc) is 2.51. The molecule has 0 unspecified atom stereocenters. The molecule has 1 heterocycles. The number of hydrogen-bond donors (Lipinski definition) is 1. The van der Waals surface area contributed by atoms with E-state index in [0.717, 1.165) is 11.3 Å². The highest BCUT2D eigenvalue weighted by Crippen LogP contribution is 2.25. The lowest BCUT2D eigenvalue weighted by atomic mass is 10.0. The van der Waals surface area contributed by atoms with Gasteiger partial charge in [-0.3, -0.25) is 0 Å². The molecule has 0 bridgehead atoms. The van der Waals surface area contributed by atoms with Gasteiger partial charge in [0.15, 0.2) is 0 Å². The monoisotopic (exact) mass is 276 g/mol. The van der Waals surface area contributed by atoms with Crippen LogP contribution in [-0.4, -0.2) is 4.98 Å². The van der Waals surface area contributed by atoms with Gasteiger partial charge in [-0.1, -0.05) is 42.0 Å². The second-order valence-corrected chi connectivity index (χ2v) is 4.92. The van der Waals surface area contributed by atoms with Crippen LogP contribution >= 0.6 is 0 Å². The van der Waals surface area contributed by atoms with Gasteiger partial charge in [-0.05, 0) is 36.2 Å². The maximum Gasteiger partial charge on any atom is 0.219 e. The Bertz CT molecular complexity index is 717. The highest BCUT2D eigenvalue weighted by atomic mass is 16.5. The fraction of sp³-hybridized carbons (Fsp3) is 0.0556. The maximum atomic E-state index is 5.68. The maximum absolute atomic E-state index is 5.68. The van der Waals surface area contributed by atoms with Gasteiger partial charge in [0, 0.05) is 6.07 Å². The quantitative estimate of drug-likeness (QED) is 0.769. The van der Waals surface area contributed by atoms with Crippen LogP contribution in [0.4, 0.5) is 5.69 Å². The van der Waals surface area contributed by atoms with E-state index in [1.807, 2.05) is 24.3 Å². The van der Waals surface area contributed by atoms with Crippen LogP contribution in [0, 0.1) is 6.92 Å². The normalized spacial score (nSPS) is 10.3. The number of nitrogens with two attached hydrogens (primary N) is 1. The van der Waals surface area contributed by atoms with Crippen molar-refractivity contribution in [2.24, 2.45) is 0 Å². The summed E-state index contributed by atoms with van der Waals surface area (Å²) in [6.07, 6.45) is 1.58. The molecule has 0 atom stereocenters. The van der Waals surface area contributed by atoms with Crippen molar-refractivity contribution < 1.29 is 4.74 Å². The van der Waals surface area contributed by atoms with E-state index >= 15 is 0 Å². The molecule has 3 heteroatoms. The summed E-state index contributed by atoms with van der Waals surface area (Å²) >= 11 is 0. The van der Waals surface area contributed by atoms with Gasteiger partial charge in [0.1, 0.15) is 5.75 Å². The molecule has 2 aromatic carbocycles. The van der Waals surface area contributed by atoms with Gasteiger partial charge < -0.3 is 10.5 Å². The zero-order chi connectivity index (χ0) is 14.7. The van der Waals surface area contributed by atoms with Crippen molar-refractivity contribution in [2.45, 2.75) is 6.92 Å². The summed E-state index contributed by atoms with van der Waals surface area (Å²) in [5.74, 6) is 1.29. The Hall–Kier alpha value is -2.81. The molecule has 0 fully saturated rings. The van der Waals surface area contributed by atoms with Gasteiger partial charge in [0.2, 0.25) is 5.88 Å². The van der Waals surface area contributed by atoms with Gasteiger partial charge in [-0.15, -0.1) is 0 Å². The van der Waals surface area contributed by atoms with E-state index in [2.05, 4.69) is 36.2 Å². The van der Waals surface area contributed by atoms with Crippen LogP contribution in [0.15, 0.2) is 66.9 Å². The molecule has 21 heavy (non-hydrogen) atoms. The molecule has 0 aliphatic carbocycles. The number of benzene rings is 2. The first kappa shape index (κ1) is 13.2. The standard InChI is InChI=1S/C18H16N2O/c1-13-2-4-14(5-3-13)15-6-9-17(10-7-15)21-18-11-8-16(19)12-20-18/h2-12H,19H2,1H3. The molecule has 0 radical (unpaired) electrons. The number of aromatic nitrogens is 1. The number of anilines is 1. The van der Waals surface area contributed by atoms with Gasteiger partial charge in [0.05, 0.1) is 11.9 Å². The Kier molecular flexibility index (Phi) is 3.56. The van der Waals surface area contributed by atoms with E-state index in [1.54, 1.807) is 18.3 Å². The Morgan fingerprint density at radius 1 is 0.810 bits per heavy atom. The first-order valence-corrected chi connectivity index (χ1v) is 6.77. The molecular weight excluding hydrogens is 260 g/mol. The van der Waals surface area contributed by atoms with E-state index in [-0.39, 0.29) is 0 Å².